The van der Waals surface area contributed by atoms with E-state index in [1.807, 2.05) is 0 Å². The number of alkyl halides is 1. The van der Waals surface area contributed by atoms with Crippen LogP contribution >= 0.6 is 11.6 Å². The molecule has 1 radical (unpaired) electrons. The highest BCUT2D eigenvalue weighted by Gasteiger charge is 2.16. The molecule has 0 aromatic carbocycles. The minimum absolute atomic E-state index is 0.0660. The summed E-state index contributed by atoms with van der Waals surface area (Å²) in [6.07, 6.45) is 2.22. The number of carbonyl (C=O) groups excluding carboxylic acids is 1. The van der Waals surface area contributed by atoms with Crippen LogP contribution in [0.4, 0.5) is 0 Å². The highest BCUT2D eigenvalue weighted by atomic mass is 35.5. The van der Waals surface area contributed by atoms with Crippen molar-refractivity contribution in [1.29, 1.82) is 0 Å². The summed E-state index contributed by atoms with van der Waals surface area (Å²) in [6.45, 7) is 5.94. The SMILES string of the molecule is [CH2]CC(CCCCl)C(=O)OCC. The highest BCUT2D eigenvalue weighted by molar-refractivity contribution is 6.17. The molecule has 3 heteroatoms. The molecule has 0 heterocycles. The van der Waals surface area contributed by atoms with Gasteiger partial charge in [-0.25, -0.2) is 0 Å². The Labute approximate surface area is 79.2 Å². The minimum Gasteiger partial charge on any atom is -0.466 e. The first kappa shape index (κ1) is 11.8. The molecule has 1 atom stereocenters. The second-order valence-corrected chi connectivity index (χ2v) is 2.95. The van der Waals surface area contributed by atoms with Crippen LogP contribution < -0.4 is 0 Å². The fourth-order valence-electron chi connectivity index (χ4n) is 0.964. The van der Waals surface area contributed by atoms with Gasteiger partial charge in [-0.15, -0.1) is 11.6 Å². The summed E-state index contributed by atoms with van der Waals surface area (Å²) < 4.78 is 4.87. The maximum Gasteiger partial charge on any atom is 0.308 e. The van der Waals surface area contributed by atoms with Gasteiger partial charge in [-0.1, -0.05) is 6.92 Å². The van der Waals surface area contributed by atoms with E-state index in [1.165, 1.54) is 0 Å². The molecule has 0 N–H and O–H groups in total. The standard InChI is InChI=1S/C9H16ClO2/c1-3-8(6-5-7-10)9(11)12-4-2/h8H,1,3-7H2,2H3. The van der Waals surface area contributed by atoms with Gasteiger partial charge in [-0.2, -0.15) is 0 Å². The monoisotopic (exact) mass is 191 g/mol. The van der Waals surface area contributed by atoms with Gasteiger partial charge in [0.1, 0.15) is 0 Å². The highest BCUT2D eigenvalue weighted by Crippen LogP contribution is 2.13. The Balaban J connectivity index is 3.71. The molecule has 0 aliphatic rings. The number of ether oxygens (including phenoxy) is 1. The van der Waals surface area contributed by atoms with Gasteiger partial charge in [-0.3, -0.25) is 4.79 Å². The van der Waals surface area contributed by atoms with Crippen molar-refractivity contribution in [2.75, 3.05) is 12.5 Å². The first-order valence-electron chi connectivity index (χ1n) is 4.28. The fraction of sp³-hybridized carbons (Fsp3) is 0.778. The van der Waals surface area contributed by atoms with E-state index in [2.05, 4.69) is 6.92 Å². The summed E-state index contributed by atoms with van der Waals surface area (Å²) in [7, 11) is 0. The van der Waals surface area contributed by atoms with E-state index < -0.39 is 0 Å². The van der Waals surface area contributed by atoms with Gasteiger partial charge in [0.2, 0.25) is 0 Å². The maximum atomic E-state index is 11.2. The Kier molecular flexibility index (Phi) is 7.26. The molecule has 0 saturated carbocycles. The number of hydrogen-bond acceptors (Lipinski definition) is 2. The van der Waals surface area contributed by atoms with Crippen LogP contribution in [0.2, 0.25) is 0 Å². The van der Waals surface area contributed by atoms with E-state index in [0.717, 1.165) is 12.8 Å². The Hall–Kier alpha value is -0.240. The van der Waals surface area contributed by atoms with E-state index in [4.69, 9.17) is 16.3 Å². The lowest BCUT2D eigenvalue weighted by atomic mass is 10.0. The third-order valence-electron chi connectivity index (χ3n) is 1.65. The topological polar surface area (TPSA) is 26.3 Å². The second kappa shape index (κ2) is 7.41. The van der Waals surface area contributed by atoms with Gasteiger partial charge < -0.3 is 4.74 Å². The van der Waals surface area contributed by atoms with Crippen molar-refractivity contribution in [3.63, 3.8) is 0 Å². The molecule has 0 aromatic rings. The summed E-state index contributed by atoms with van der Waals surface area (Å²) >= 11 is 5.51. The van der Waals surface area contributed by atoms with Crippen molar-refractivity contribution in [2.45, 2.75) is 26.2 Å². The van der Waals surface area contributed by atoms with Gasteiger partial charge in [-0.05, 0) is 26.2 Å². The Bertz CT molecular complexity index is 126. The van der Waals surface area contributed by atoms with Crippen molar-refractivity contribution in [3.05, 3.63) is 6.92 Å². The normalized spacial score (nSPS) is 12.6. The largest absolute Gasteiger partial charge is 0.466 e. The fourth-order valence-corrected chi connectivity index (χ4v) is 1.12. The molecule has 12 heavy (non-hydrogen) atoms. The molecule has 0 fully saturated rings. The predicted octanol–water partition coefficient (Wildman–Crippen LogP) is 2.41. The predicted molar refractivity (Wildman–Crippen MR) is 50.1 cm³/mol. The van der Waals surface area contributed by atoms with Crippen LogP contribution in [-0.4, -0.2) is 18.5 Å². The lowest BCUT2D eigenvalue weighted by molar-refractivity contribution is -0.148. The van der Waals surface area contributed by atoms with Gasteiger partial charge in [0.15, 0.2) is 0 Å². The molecule has 0 aromatic heterocycles. The second-order valence-electron chi connectivity index (χ2n) is 2.57. The van der Waals surface area contributed by atoms with Crippen LogP contribution in [0.1, 0.15) is 26.2 Å². The molecule has 0 aliphatic heterocycles. The maximum absolute atomic E-state index is 11.2. The molecular weight excluding hydrogens is 176 g/mol. The van der Waals surface area contributed by atoms with E-state index in [-0.39, 0.29) is 11.9 Å². The average Bonchev–Trinajstić information content (AvgIpc) is 2.06. The quantitative estimate of drug-likeness (QED) is 0.476. The van der Waals surface area contributed by atoms with Crippen LogP contribution in [0.25, 0.3) is 0 Å². The lowest BCUT2D eigenvalue weighted by Gasteiger charge is -2.11. The Morgan fingerprint density at radius 1 is 1.67 bits per heavy atom. The molecular formula is C9H16ClO2. The van der Waals surface area contributed by atoms with Crippen LogP contribution in [-0.2, 0) is 9.53 Å². The van der Waals surface area contributed by atoms with Crippen molar-refractivity contribution in [1.82, 2.24) is 0 Å². The molecule has 0 rings (SSSR count). The number of hydrogen-bond donors (Lipinski definition) is 0. The van der Waals surface area contributed by atoms with Crippen LogP contribution in [0.15, 0.2) is 0 Å². The van der Waals surface area contributed by atoms with Crippen LogP contribution in [0.5, 0.6) is 0 Å². The van der Waals surface area contributed by atoms with Crippen LogP contribution in [0, 0.1) is 12.8 Å². The van der Waals surface area contributed by atoms with E-state index >= 15 is 0 Å². The minimum atomic E-state index is -0.141. The van der Waals surface area contributed by atoms with Gasteiger partial charge >= 0.3 is 5.97 Å². The first-order chi connectivity index (χ1) is 5.76. The number of esters is 1. The van der Waals surface area contributed by atoms with Gasteiger partial charge in [0.05, 0.1) is 12.5 Å². The average molecular weight is 192 g/mol. The molecule has 0 aliphatic carbocycles. The van der Waals surface area contributed by atoms with Crippen molar-refractivity contribution in [3.8, 4) is 0 Å². The molecule has 71 valence electrons. The third kappa shape index (κ3) is 4.60. The Morgan fingerprint density at radius 3 is 2.75 bits per heavy atom. The first-order valence-corrected chi connectivity index (χ1v) is 4.81. The summed E-state index contributed by atoms with van der Waals surface area (Å²) in [5.41, 5.74) is 0. The zero-order valence-corrected chi connectivity index (χ0v) is 8.27. The van der Waals surface area contributed by atoms with E-state index in [1.54, 1.807) is 6.92 Å². The zero-order valence-electron chi connectivity index (χ0n) is 7.51. The summed E-state index contributed by atoms with van der Waals surface area (Å²) in [6, 6.07) is 0. The number of rotatable bonds is 6. The summed E-state index contributed by atoms with van der Waals surface area (Å²) in [4.78, 5) is 11.2. The van der Waals surface area contributed by atoms with Gasteiger partial charge in [0, 0.05) is 5.88 Å². The zero-order chi connectivity index (χ0) is 9.40. The number of halogens is 1. The number of carbonyl (C=O) groups is 1. The van der Waals surface area contributed by atoms with Crippen LogP contribution in [0.3, 0.4) is 0 Å². The third-order valence-corrected chi connectivity index (χ3v) is 1.92. The van der Waals surface area contributed by atoms with Crippen molar-refractivity contribution >= 4 is 17.6 Å². The lowest BCUT2D eigenvalue weighted by Crippen LogP contribution is -2.17. The molecule has 0 spiro atoms. The molecule has 1 unspecified atom stereocenters. The summed E-state index contributed by atoms with van der Waals surface area (Å²) in [5.74, 6) is 0.386. The molecule has 0 saturated heterocycles. The summed E-state index contributed by atoms with van der Waals surface area (Å²) in [5, 5.41) is 0. The van der Waals surface area contributed by atoms with E-state index in [0.29, 0.717) is 18.9 Å². The molecule has 0 bridgehead atoms. The van der Waals surface area contributed by atoms with Crippen molar-refractivity contribution in [2.24, 2.45) is 5.92 Å². The molecule has 0 amide bonds. The smallest absolute Gasteiger partial charge is 0.308 e. The van der Waals surface area contributed by atoms with Gasteiger partial charge in [0.25, 0.3) is 0 Å². The van der Waals surface area contributed by atoms with Crippen molar-refractivity contribution < 1.29 is 9.53 Å². The van der Waals surface area contributed by atoms with E-state index in [9.17, 15) is 4.79 Å². The Morgan fingerprint density at radius 2 is 2.33 bits per heavy atom. The molecule has 2 nitrogen and oxygen atoms in total.